The van der Waals surface area contributed by atoms with E-state index in [2.05, 4.69) is 19.2 Å². The van der Waals surface area contributed by atoms with Gasteiger partial charge < -0.3 is 4.90 Å². The van der Waals surface area contributed by atoms with Gasteiger partial charge in [0.05, 0.1) is 12.7 Å². The number of carbonyl (C=O) groups is 1. The maximum absolute atomic E-state index is 11.6. The van der Waals surface area contributed by atoms with Crippen LogP contribution in [0.15, 0.2) is 0 Å². The highest BCUT2D eigenvalue weighted by Crippen LogP contribution is 2.44. The Morgan fingerprint density at radius 2 is 2.29 bits per heavy atom. The number of amides is 1. The van der Waals surface area contributed by atoms with E-state index in [-0.39, 0.29) is 12.1 Å². The Bertz CT molecular complexity index is 230. The summed E-state index contributed by atoms with van der Waals surface area (Å²) in [5.74, 6) is 0.275. The first-order valence-corrected chi connectivity index (χ1v) is 5.70. The normalized spacial score (nSPS) is 30.6. The van der Waals surface area contributed by atoms with Crippen LogP contribution in [0.25, 0.3) is 0 Å². The van der Waals surface area contributed by atoms with Crippen LogP contribution in [0.1, 0.15) is 39.5 Å². The van der Waals surface area contributed by atoms with Crippen LogP contribution in [0, 0.1) is 5.41 Å². The molecule has 0 aromatic carbocycles. The smallest absolute Gasteiger partial charge is 0.237 e. The van der Waals surface area contributed by atoms with E-state index in [0.717, 1.165) is 6.54 Å². The third-order valence-electron chi connectivity index (χ3n) is 4.01. The maximum Gasteiger partial charge on any atom is 0.237 e. The molecule has 0 spiro atoms. The third-order valence-corrected chi connectivity index (χ3v) is 4.01. The average molecular weight is 196 g/mol. The van der Waals surface area contributed by atoms with Gasteiger partial charge in [0.2, 0.25) is 5.91 Å². The van der Waals surface area contributed by atoms with E-state index in [0.29, 0.717) is 12.0 Å². The minimum atomic E-state index is 0.242. The standard InChI is InChI=1S/C11H20N2O/c1-3-11(5-4-6-11)8-13-9(2)12-7-10(13)14/h9,12H,3-8H2,1-2H3. The van der Waals surface area contributed by atoms with Crippen molar-refractivity contribution >= 4 is 5.91 Å². The van der Waals surface area contributed by atoms with Crippen LogP contribution < -0.4 is 5.32 Å². The van der Waals surface area contributed by atoms with Crippen molar-refractivity contribution in [3.8, 4) is 0 Å². The van der Waals surface area contributed by atoms with E-state index in [9.17, 15) is 4.79 Å². The van der Waals surface area contributed by atoms with E-state index in [1.54, 1.807) is 0 Å². The number of nitrogens with zero attached hydrogens (tertiary/aromatic N) is 1. The zero-order chi connectivity index (χ0) is 10.2. The zero-order valence-corrected chi connectivity index (χ0v) is 9.18. The summed E-state index contributed by atoms with van der Waals surface area (Å²) in [5, 5.41) is 3.19. The van der Waals surface area contributed by atoms with Crippen molar-refractivity contribution in [1.29, 1.82) is 0 Å². The summed E-state index contributed by atoms with van der Waals surface area (Å²) in [6, 6.07) is 0. The Morgan fingerprint density at radius 3 is 2.64 bits per heavy atom. The van der Waals surface area contributed by atoms with Gasteiger partial charge in [-0.1, -0.05) is 13.3 Å². The lowest BCUT2D eigenvalue weighted by Gasteiger charge is -2.44. The van der Waals surface area contributed by atoms with E-state index >= 15 is 0 Å². The lowest BCUT2D eigenvalue weighted by molar-refractivity contribution is -0.130. The van der Waals surface area contributed by atoms with Gasteiger partial charge in [-0.05, 0) is 31.6 Å². The first-order valence-electron chi connectivity index (χ1n) is 5.70. The molecular weight excluding hydrogens is 176 g/mol. The first kappa shape index (κ1) is 9.97. The maximum atomic E-state index is 11.6. The molecule has 0 bridgehead atoms. The van der Waals surface area contributed by atoms with Crippen LogP contribution in [-0.4, -0.2) is 30.1 Å². The second-order valence-electron chi connectivity index (χ2n) is 4.79. The van der Waals surface area contributed by atoms with Crippen LogP contribution in [-0.2, 0) is 4.79 Å². The highest BCUT2D eigenvalue weighted by molar-refractivity contribution is 5.80. The molecule has 2 fully saturated rings. The Balaban J connectivity index is 1.98. The molecule has 1 saturated heterocycles. The minimum absolute atomic E-state index is 0.242. The molecule has 0 radical (unpaired) electrons. The quantitative estimate of drug-likeness (QED) is 0.739. The molecule has 1 aliphatic heterocycles. The summed E-state index contributed by atoms with van der Waals surface area (Å²) in [5.41, 5.74) is 0.454. The highest BCUT2D eigenvalue weighted by Gasteiger charge is 2.40. The van der Waals surface area contributed by atoms with Gasteiger partial charge in [0, 0.05) is 6.54 Å². The Morgan fingerprint density at radius 1 is 1.57 bits per heavy atom. The molecule has 2 aliphatic rings. The minimum Gasteiger partial charge on any atom is -0.326 e. The summed E-state index contributed by atoms with van der Waals surface area (Å²) < 4.78 is 0. The monoisotopic (exact) mass is 196 g/mol. The molecule has 1 atom stereocenters. The second kappa shape index (κ2) is 3.54. The van der Waals surface area contributed by atoms with Crippen molar-refractivity contribution in [3.05, 3.63) is 0 Å². The molecule has 1 amide bonds. The fraction of sp³-hybridized carbons (Fsp3) is 0.909. The first-order chi connectivity index (χ1) is 6.67. The van der Waals surface area contributed by atoms with E-state index < -0.39 is 0 Å². The Labute approximate surface area is 85.8 Å². The van der Waals surface area contributed by atoms with Gasteiger partial charge in [-0.15, -0.1) is 0 Å². The largest absolute Gasteiger partial charge is 0.326 e. The molecule has 1 aliphatic carbocycles. The second-order valence-corrected chi connectivity index (χ2v) is 4.79. The van der Waals surface area contributed by atoms with Gasteiger partial charge >= 0.3 is 0 Å². The summed E-state index contributed by atoms with van der Waals surface area (Å²) in [6.45, 7) is 5.82. The summed E-state index contributed by atoms with van der Waals surface area (Å²) in [7, 11) is 0. The molecule has 0 aromatic rings. The van der Waals surface area contributed by atoms with Crippen LogP contribution in [0.4, 0.5) is 0 Å². The number of rotatable bonds is 3. The topological polar surface area (TPSA) is 32.3 Å². The molecule has 80 valence electrons. The predicted octanol–water partition coefficient (Wildman–Crippen LogP) is 1.34. The zero-order valence-electron chi connectivity index (χ0n) is 9.18. The van der Waals surface area contributed by atoms with Gasteiger partial charge in [0.25, 0.3) is 0 Å². The lowest BCUT2D eigenvalue weighted by Crippen LogP contribution is -2.46. The number of carbonyl (C=O) groups excluding carboxylic acids is 1. The van der Waals surface area contributed by atoms with E-state index in [4.69, 9.17) is 0 Å². The molecule has 1 N–H and O–H groups in total. The van der Waals surface area contributed by atoms with Crippen LogP contribution >= 0.6 is 0 Å². The molecular formula is C11H20N2O. The molecule has 3 heteroatoms. The van der Waals surface area contributed by atoms with Crippen molar-refractivity contribution in [1.82, 2.24) is 10.2 Å². The van der Waals surface area contributed by atoms with Crippen LogP contribution in [0.3, 0.4) is 0 Å². The van der Waals surface area contributed by atoms with Crippen molar-refractivity contribution in [2.45, 2.75) is 45.7 Å². The van der Waals surface area contributed by atoms with E-state index in [1.807, 2.05) is 4.90 Å². The Kier molecular flexibility index (Phi) is 2.52. The van der Waals surface area contributed by atoms with Gasteiger partial charge in [0.1, 0.15) is 0 Å². The van der Waals surface area contributed by atoms with Crippen LogP contribution in [0.2, 0.25) is 0 Å². The van der Waals surface area contributed by atoms with Crippen LogP contribution in [0.5, 0.6) is 0 Å². The molecule has 0 aromatic heterocycles. The SMILES string of the molecule is CCC1(CN2C(=O)CNC2C)CCC1. The van der Waals surface area contributed by atoms with Gasteiger partial charge in [-0.3, -0.25) is 10.1 Å². The number of hydrogen-bond donors (Lipinski definition) is 1. The summed E-state index contributed by atoms with van der Waals surface area (Å²) in [6.07, 6.45) is 5.41. The molecule has 3 nitrogen and oxygen atoms in total. The summed E-state index contributed by atoms with van der Waals surface area (Å²) >= 11 is 0. The predicted molar refractivity (Wildman–Crippen MR) is 55.8 cm³/mol. The molecule has 1 saturated carbocycles. The summed E-state index contributed by atoms with van der Waals surface area (Å²) in [4.78, 5) is 13.6. The van der Waals surface area contributed by atoms with Crippen molar-refractivity contribution in [2.75, 3.05) is 13.1 Å². The average Bonchev–Trinajstić information content (AvgIpc) is 2.41. The highest BCUT2D eigenvalue weighted by atomic mass is 16.2. The number of hydrogen-bond acceptors (Lipinski definition) is 2. The van der Waals surface area contributed by atoms with E-state index in [1.165, 1.54) is 25.7 Å². The molecule has 1 heterocycles. The fourth-order valence-corrected chi connectivity index (χ4v) is 2.55. The third kappa shape index (κ3) is 1.54. The molecule has 1 unspecified atom stereocenters. The van der Waals surface area contributed by atoms with Gasteiger partial charge in [0.15, 0.2) is 0 Å². The Hall–Kier alpha value is -0.570. The van der Waals surface area contributed by atoms with Crippen molar-refractivity contribution < 1.29 is 4.79 Å². The molecule has 14 heavy (non-hydrogen) atoms. The van der Waals surface area contributed by atoms with Crippen molar-refractivity contribution in [3.63, 3.8) is 0 Å². The van der Waals surface area contributed by atoms with Gasteiger partial charge in [-0.2, -0.15) is 0 Å². The fourth-order valence-electron chi connectivity index (χ4n) is 2.55. The lowest BCUT2D eigenvalue weighted by atomic mass is 9.66. The van der Waals surface area contributed by atoms with Crippen molar-refractivity contribution in [2.24, 2.45) is 5.41 Å². The van der Waals surface area contributed by atoms with Gasteiger partial charge in [-0.25, -0.2) is 0 Å². The number of nitrogens with one attached hydrogen (secondary N) is 1. The molecule has 2 rings (SSSR count).